The number of hydrogen-bond donors (Lipinski definition) is 0. The second-order valence-corrected chi connectivity index (χ2v) is 6.07. The topological polar surface area (TPSA) is 38.8 Å². The van der Waals surface area contributed by atoms with Gasteiger partial charge in [0.05, 0.1) is 15.3 Å². The molecule has 2 aliphatic carbocycles. The van der Waals surface area contributed by atoms with Crippen molar-refractivity contribution in [2.45, 2.75) is 43.2 Å². The van der Waals surface area contributed by atoms with Crippen LogP contribution in [0.1, 0.15) is 46.8 Å². The van der Waals surface area contributed by atoms with E-state index in [1.54, 1.807) is 0 Å². The second-order valence-electron chi connectivity index (χ2n) is 6.07. The molecule has 2 bridgehead atoms. The molecule has 1 spiro atoms. The van der Waals surface area contributed by atoms with Crippen LogP contribution in [0.4, 0.5) is 0 Å². The predicted octanol–water partition coefficient (Wildman–Crippen LogP) is 1.93. The summed E-state index contributed by atoms with van der Waals surface area (Å²) in [6.45, 7) is -2.83. The molecule has 2 fully saturated rings. The normalized spacial score (nSPS) is 56.5. The Morgan fingerprint density at radius 1 is 1.64 bits per heavy atom. The van der Waals surface area contributed by atoms with E-state index in [9.17, 15) is 6.17 Å². The van der Waals surface area contributed by atoms with Crippen molar-refractivity contribution in [3.63, 3.8) is 0 Å². The van der Waals surface area contributed by atoms with Gasteiger partial charge in [0, 0.05) is 31.6 Å². The Labute approximate surface area is 147 Å². The van der Waals surface area contributed by atoms with Crippen LogP contribution in [-0.2, 0) is 16.6 Å². The highest BCUT2D eigenvalue weighted by atomic mass is 16.5. The van der Waals surface area contributed by atoms with E-state index in [0.717, 1.165) is 4.90 Å². The molecular weight excluding hydrogens is 278 g/mol. The first kappa shape index (κ1) is 5.82. The number of benzene rings is 1. The molecule has 1 saturated carbocycles. The lowest BCUT2D eigenvalue weighted by Crippen LogP contribution is -2.65. The number of ketones is 1. The number of carbonyl (C=O) groups excluding carboxylic acids is 1. The quantitative estimate of drug-likeness (QED) is 0.794. The molecule has 1 aromatic rings. The summed E-state index contributed by atoms with van der Waals surface area (Å²) in [7, 11) is -3.06. The maximum atomic E-state index is 13.3. The third-order valence-corrected chi connectivity index (χ3v) is 5.28. The average Bonchev–Trinajstić information content (AvgIpc) is 2.91. The summed E-state index contributed by atoms with van der Waals surface area (Å²) in [4.78, 5) is 14.4. The molecule has 0 amide bonds. The highest BCUT2D eigenvalue weighted by molar-refractivity contribution is 5.89. The molecule has 4 heteroatoms. The van der Waals surface area contributed by atoms with Crippen LogP contribution in [0.5, 0.6) is 11.5 Å². The summed E-state index contributed by atoms with van der Waals surface area (Å²) in [6, 6.07) is -2.35. The number of piperidine rings is 1. The smallest absolute Gasteiger partial charge is 0.174 e. The van der Waals surface area contributed by atoms with Crippen molar-refractivity contribution in [2.24, 2.45) is 5.89 Å². The van der Waals surface area contributed by atoms with E-state index in [4.69, 9.17) is 24.6 Å². The van der Waals surface area contributed by atoms with Crippen molar-refractivity contribution in [1.82, 2.24) is 4.90 Å². The number of methoxy groups -OCH3 is 1. The van der Waals surface area contributed by atoms with Gasteiger partial charge in [-0.3, -0.25) is 4.79 Å². The first-order valence-corrected chi connectivity index (χ1v) is 7.18. The fourth-order valence-electron chi connectivity index (χ4n) is 4.39. The van der Waals surface area contributed by atoms with Crippen LogP contribution in [0.25, 0.3) is 0 Å². The Balaban J connectivity index is 1.89. The minimum atomic E-state index is -3.06. The van der Waals surface area contributed by atoms with Crippen molar-refractivity contribution in [2.75, 3.05) is 20.6 Å². The highest BCUT2D eigenvalue weighted by Gasteiger charge is 2.65. The lowest BCUT2D eigenvalue weighted by Gasteiger charge is -2.57. The fourth-order valence-corrected chi connectivity index (χ4v) is 4.39. The molecule has 4 atom stereocenters. The van der Waals surface area contributed by atoms with E-state index in [-0.39, 0.29) is 30.5 Å². The standard InChI is InChI=1S/C18H21NO3/c1-19-8-7-18-11-4-5-13(20)17(18)22-16-14(21-2)6-3-10(15(16)18)9-12(11)19/h3,6,11-12,17H,4-5,7-9H2,1-2H3/t11-,12+,17?,18-/m0/s1/i1D3,2D3,3D,5D2,6D,11D,17D. The van der Waals surface area contributed by atoms with Crippen LogP contribution in [-0.4, -0.2) is 43.4 Å². The summed E-state index contributed by atoms with van der Waals surface area (Å²) >= 11 is 0. The van der Waals surface area contributed by atoms with Crippen molar-refractivity contribution in [3.05, 3.63) is 23.2 Å². The molecule has 1 unspecified atom stereocenters. The summed E-state index contributed by atoms with van der Waals surface area (Å²) in [5, 5.41) is 0. The monoisotopic (exact) mass is 311 g/mol. The number of likely N-dealkylation sites (tertiary alicyclic amines) is 1. The number of Topliss-reactive ketones (excluding diaryl/α,β-unsaturated/α-hetero) is 1. The zero-order valence-electron chi connectivity index (χ0n) is 23.6. The van der Waals surface area contributed by atoms with Crippen molar-refractivity contribution < 1.29 is 30.7 Å². The molecule has 1 saturated heterocycles. The number of ether oxygens (including phenoxy) is 2. The van der Waals surface area contributed by atoms with Gasteiger partial charge in [0.1, 0.15) is 0 Å². The maximum Gasteiger partial charge on any atom is 0.174 e. The molecule has 4 aliphatic rings. The van der Waals surface area contributed by atoms with Gasteiger partial charge in [-0.05, 0) is 50.3 Å². The third kappa shape index (κ3) is 1.27. The molecule has 116 valence electrons. The number of nitrogens with zero attached hydrogens (tertiary/aromatic N) is 1. The van der Waals surface area contributed by atoms with Gasteiger partial charge in [0.15, 0.2) is 23.4 Å². The average molecular weight is 311 g/mol. The third-order valence-electron chi connectivity index (χ3n) is 5.28. The van der Waals surface area contributed by atoms with Crippen LogP contribution in [0.2, 0.25) is 0 Å². The Morgan fingerprint density at radius 2 is 2.59 bits per heavy atom. The van der Waals surface area contributed by atoms with Crippen molar-refractivity contribution >= 4 is 5.78 Å². The molecule has 2 heterocycles. The van der Waals surface area contributed by atoms with Gasteiger partial charge in [0.25, 0.3) is 0 Å². The lowest BCUT2D eigenvalue weighted by atomic mass is 9.52. The number of likely N-dealkylation sites (N-methyl/N-ethyl adjacent to an activating group) is 1. The van der Waals surface area contributed by atoms with Crippen LogP contribution in [0.3, 0.4) is 0 Å². The minimum Gasteiger partial charge on any atom is -0.493 e. The van der Waals surface area contributed by atoms with Gasteiger partial charge in [-0.1, -0.05) is 6.04 Å². The van der Waals surface area contributed by atoms with Crippen LogP contribution < -0.4 is 9.47 Å². The van der Waals surface area contributed by atoms with E-state index in [1.807, 2.05) is 0 Å². The Morgan fingerprint density at radius 3 is 3.45 bits per heavy atom. The van der Waals surface area contributed by atoms with Gasteiger partial charge in [-0.25, -0.2) is 0 Å². The van der Waals surface area contributed by atoms with Gasteiger partial charge in [-0.2, -0.15) is 0 Å². The van der Waals surface area contributed by atoms with E-state index in [2.05, 4.69) is 0 Å². The van der Waals surface area contributed by atoms with Crippen LogP contribution in [0.15, 0.2) is 12.1 Å². The zero-order chi connectivity index (χ0) is 25.4. The maximum absolute atomic E-state index is 13.3. The van der Waals surface area contributed by atoms with Gasteiger partial charge < -0.3 is 14.4 Å². The molecule has 22 heavy (non-hydrogen) atoms. The summed E-state index contributed by atoms with van der Waals surface area (Å²) in [5.41, 5.74) is -1.78. The molecule has 5 rings (SSSR count). The molecule has 0 aromatic heterocycles. The second kappa shape index (κ2) is 4.05. The van der Waals surface area contributed by atoms with Gasteiger partial charge in [0.2, 0.25) is 0 Å². The minimum absolute atomic E-state index is 0.0167. The van der Waals surface area contributed by atoms with Crippen LogP contribution >= 0.6 is 0 Å². The molecular formula is C18H21NO3. The van der Waals surface area contributed by atoms with Crippen LogP contribution in [0, 0.1) is 5.89 Å². The Bertz CT molecular complexity index is 1130. The first-order valence-electron chi connectivity index (χ1n) is 13.2. The zero-order valence-corrected chi connectivity index (χ0v) is 11.6. The Hall–Kier alpha value is -1.55. The molecule has 4 nitrogen and oxygen atoms in total. The molecule has 1 aromatic carbocycles. The fraction of sp³-hybridized carbons (Fsp3) is 0.611. The Kier molecular flexibility index (Phi) is 1.07. The van der Waals surface area contributed by atoms with Crippen molar-refractivity contribution in [1.29, 1.82) is 0 Å². The molecule has 0 N–H and O–H groups in total. The SMILES string of the molecule is [2H]c1c([2H])c(OC([2H])([2H])[2H])c2c3c1C[C@H]1N(C([2H])([2H])[2H])CC[C@@]34C([2H])(O2)C(=O)C([2H])([2H])C[C@@]14[2H]. The predicted molar refractivity (Wildman–Crippen MR) is 81.6 cm³/mol. The summed E-state index contributed by atoms with van der Waals surface area (Å²) in [6.07, 6.45) is -6.64. The number of carbonyl (C=O) groups is 1. The highest BCUT2D eigenvalue weighted by Crippen LogP contribution is 2.62. The number of hydrogen-bond acceptors (Lipinski definition) is 4. The summed E-state index contributed by atoms with van der Waals surface area (Å²) < 4.78 is 109. The first-order chi connectivity index (χ1) is 15.3. The summed E-state index contributed by atoms with van der Waals surface area (Å²) in [5.74, 6) is -4.41. The van der Waals surface area contributed by atoms with E-state index in [1.165, 1.54) is 0 Å². The van der Waals surface area contributed by atoms with E-state index < -0.39 is 79.6 Å². The lowest BCUT2D eigenvalue weighted by molar-refractivity contribution is -0.138. The van der Waals surface area contributed by atoms with Crippen molar-refractivity contribution in [3.8, 4) is 11.5 Å². The van der Waals surface area contributed by atoms with Gasteiger partial charge >= 0.3 is 0 Å². The van der Waals surface area contributed by atoms with Gasteiger partial charge in [-0.15, -0.1) is 0 Å². The van der Waals surface area contributed by atoms with E-state index in [0.29, 0.717) is 0 Å². The van der Waals surface area contributed by atoms with E-state index >= 15 is 0 Å². The molecule has 2 aliphatic heterocycles. The number of rotatable bonds is 1. The molecule has 0 radical (unpaired) electrons. The largest absolute Gasteiger partial charge is 0.493 e.